The maximum Gasteiger partial charge on any atom is 0.119 e. The van der Waals surface area contributed by atoms with Gasteiger partial charge in [-0.25, -0.2) is 0 Å². The molecule has 0 saturated carbocycles. The largest absolute Gasteiger partial charge is 0.491 e. The summed E-state index contributed by atoms with van der Waals surface area (Å²) in [4.78, 5) is 0. The second kappa shape index (κ2) is 5.66. The summed E-state index contributed by atoms with van der Waals surface area (Å²) in [5, 5.41) is 0. The average molecular weight is 194 g/mol. The number of hydrogen-bond acceptors (Lipinski definition) is 2. The van der Waals surface area contributed by atoms with Crippen LogP contribution in [-0.4, -0.2) is 20.3 Å². The summed E-state index contributed by atoms with van der Waals surface area (Å²) in [5.74, 6) is 1.47. The zero-order valence-electron chi connectivity index (χ0n) is 9.12. The summed E-state index contributed by atoms with van der Waals surface area (Å²) in [6.45, 7) is 5.59. The average Bonchev–Trinajstić information content (AvgIpc) is 2.19. The highest BCUT2D eigenvalue weighted by atomic mass is 16.5. The van der Waals surface area contributed by atoms with Crippen LogP contribution in [0.5, 0.6) is 5.75 Å². The van der Waals surface area contributed by atoms with E-state index in [4.69, 9.17) is 9.47 Å². The van der Waals surface area contributed by atoms with Crippen molar-refractivity contribution in [3.8, 4) is 5.75 Å². The molecule has 0 heterocycles. The van der Waals surface area contributed by atoms with Crippen molar-refractivity contribution in [3.05, 3.63) is 29.8 Å². The van der Waals surface area contributed by atoms with Gasteiger partial charge in [-0.15, -0.1) is 0 Å². The second-order valence-electron chi connectivity index (χ2n) is 3.57. The number of methoxy groups -OCH3 is 1. The molecule has 0 amide bonds. The molecule has 78 valence electrons. The summed E-state index contributed by atoms with van der Waals surface area (Å²) in [7, 11) is 1.67. The van der Waals surface area contributed by atoms with Gasteiger partial charge in [-0.1, -0.05) is 26.0 Å². The Morgan fingerprint density at radius 1 is 1.21 bits per heavy atom. The molecule has 0 atom stereocenters. The Bertz CT molecular complexity index is 269. The van der Waals surface area contributed by atoms with Crippen molar-refractivity contribution >= 4 is 0 Å². The third kappa shape index (κ3) is 3.38. The van der Waals surface area contributed by atoms with Gasteiger partial charge in [0.1, 0.15) is 12.4 Å². The van der Waals surface area contributed by atoms with Crippen molar-refractivity contribution in [3.63, 3.8) is 0 Å². The van der Waals surface area contributed by atoms with E-state index in [1.165, 1.54) is 5.56 Å². The third-order valence-electron chi connectivity index (χ3n) is 2.08. The van der Waals surface area contributed by atoms with Gasteiger partial charge in [0.25, 0.3) is 0 Å². The number of benzene rings is 1. The van der Waals surface area contributed by atoms with Gasteiger partial charge in [-0.2, -0.15) is 0 Å². The van der Waals surface area contributed by atoms with Crippen LogP contribution in [-0.2, 0) is 4.74 Å². The standard InChI is InChI=1S/C12H18O2/c1-10(2)11-5-4-6-12(9-11)14-8-7-13-3/h4-6,9-10H,7-8H2,1-3H3. The highest BCUT2D eigenvalue weighted by molar-refractivity contribution is 5.30. The number of ether oxygens (including phenoxy) is 2. The molecule has 0 unspecified atom stereocenters. The van der Waals surface area contributed by atoms with Crippen molar-refractivity contribution < 1.29 is 9.47 Å². The van der Waals surface area contributed by atoms with Crippen LogP contribution in [0, 0.1) is 0 Å². The quantitative estimate of drug-likeness (QED) is 0.671. The van der Waals surface area contributed by atoms with E-state index in [0.29, 0.717) is 19.1 Å². The minimum atomic E-state index is 0.543. The first kappa shape index (κ1) is 11.1. The molecular weight excluding hydrogens is 176 g/mol. The second-order valence-corrected chi connectivity index (χ2v) is 3.57. The van der Waals surface area contributed by atoms with E-state index in [1.807, 2.05) is 12.1 Å². The van der Waals surface area contributed by atoms with E-state index in [9.17, 15) is 0 Å². The molecule has 0 bridgehead atoms. The van der Waals surface area contributed by atoms with Gasteiger partial charge in [0.15, 0.2) is 0 Å². The van der Waals surface area contributed by atoms with E-state index < -0.39 is 0 Å². The Labute approximate surface area is 85.8 Å². The SMILES string of the molecule is COCCOc1cccc(C(C)C)c1. The smallest absolute Gasteiger partial charge is 0.119 e. The predicted octanol–water partition coefficient (Wildman–Crippen LogP) is 2.84. The highest BCUT2D eigenvalue weighted by Crippen LogP contribution is 2.19. The third-order valence-corrected chi connectivity index (χ3v) is 2.08. The van der Waals surface area contributed by atoms with Crippen LogP contribution in [0.15, 0.2) is 24.3 Å². The van der Waals surface area contributed by atoms with Crippen molar-refractivity contribution in [1.82, 2.24) is 0 Å². The predicted molar refractivity (Wildman–Crippen MR) is 57.9 cm³/mol. The fraction of sp³-hybridized carbons (Fsp3) is 0.500. The lowest BCUT2D eigenvalue weighted by Crippen LogP contribution is -2.04. The van der Waals surface area contributed by atoms with Crippen molar-refractivity contribution in [1.29, 1.82) is 0 Å². The maximum atomic E-state index is 5.51. The van der Waals surface area contributed by atoms with Gasteiger partial charge in [-0.3, -0.25) is 0 Å². The number of hydrogen-bond donors (Lipinski definition) is 0. The maximum absolute atomic E-state index is 5.51. The Kier molecular flexibility index (Phi) is 4.47. The van der Waals surface area contributed by atoms with E-state index in [0.717, 1.165) is 5.75 Å². The molecule has 1 aromatic rings. The Balaban J connectivity index is 2.55. The monoisotopic (exact) mass is 194 g/mol. The minimum Gasteiger partial charge on any atom is -0.491 e. The molecule has 0 radical (unpaired) electrons. The fourth-order valence-corrected chi connectivity index (χ4v) is 1.21. The molecule has 0 fully saturated rings. The molecule has 0 aliphatic heterocycles. The molecule has 0 aromatic heterocycles. The van der Waals surface area contributed by atoms with E-state index in [1.54, 1.807) is 7.11 Å². The molecule has 0 aliphatic carbocycles. The van der Waals surface area contributed by atoms with Gasteiger partial charge in [0, 0.05) is 7.11 Å². The van der Waals surface area contributed by atoms with E-state index >= 15 is 0 Å². The van der Waals surface area contributed by atoms with Gasteiger partial charge < -0.3 is 9.47 Å². The molecule has 0 spiro atoms. The first-order valence-corrected chi connectivity index (χ1v) is 4.95. The van der Waals surface area contributed by atoms with E-state index in [2.05, 4.69) is 26.0 Å². The lowest BCUT2D eigenvalue weighted by Gasteiger charge is -2.09. The molecular formula is C12H18O2. The van der Waals surface area contributed by atoms with Gasteiger partial charge in [0.05, 0.1) is 6.61 Å². The summed E-state index contributed by atoms with van der Waals surface area (Å²) in [6.07, 6.45) is 0. The lowest BCUT2D eigenvalue weighted by molar-refractivity contribution is 0.146. The lowest BCUT2D eigenvalue weighted by atomic mass is 10.0. The zero-order valence-corrected chi connectivity index (χ0v) is 9.12. The minimum absolute atomic E-state index is 0.543. The number of rotatable bonds is 5. The Hall–Kier alpha value is -1.02. The highest BCUT2D eigenvalue weighted by Gasteiger charge is 2.00. The van der Waals surface area contributed by atoms with Crippen LogP contribution < -0.4 is 4.74 Å². The van der Waals surface area contributed by atoms with Gasteiger partial charge in [0.2, 0.25) is 0 Å². The topological polar surface area (TPSA) is 18.5 Å². The summed E-state index contributed by atoms with van der Waals surface area (Å²) in [5.41, 5.74) is 1.31. The Morgan fingerprint density at radius 3 is 2.64 bits per heavy atom. The van der Waals surface area contributed by atoms with Crippen molar-refractivity contribution in [2.45, 2.75) is 19.8 Å². The zero-order chi connectivity index (χ0) is 10.4. The molecule has 1 aromatic carbocycles. The molecule has 14 heavy (non-hydrogen) atoms. The van der Waals surface area contributed by atoms with Crippen molar-refractivity contribution in [2.75, 3.05) is 20.3 Å². The van der Waals surface area contributed by atoms with Crippen LogP contribution in [0.3, 0.4) is 0 Å². The van der Waals surface area contributed by atoms with Crippen LogP contribution in [0.2, 0.25) is 0 Å². The molecule has 2 nitrogen and oxygen atoms in total. The summed E-state index contributed by atoms with van der Waals surface area (Å²) >= 11 is 0. The van der Waals surface area contributed by atoms with Crippen molar-refractivity contribution in [2.24, 2.45) is 0 Å². The first-order valence-electron chi connectivity index (χ1n) is 4.95. The van der Waals surface area contributed by atoms with Crippen LogP contribution >= 0.6 is 0 Å². The van der Waals surface area contributed by atoms with Gasteiger partial charge >= 0.3 is 0 Å². The molecule has 1 rings (SSSR count). The normalized spacial score (nSPS) is 10.6. The summed E-state index contributed by atoms with van der Waals surface area (Å²) in [6, 6.07) is 8.20. The Morgan fingerprint density at radius 2 is 2.00 bits per heavy atom. The van der Waals surface area contributed by atoms with Gasteiger partial charge in [-0.05, 0) is 23.6 Å². The molecule has 0 N–H and O–H groups in total. The van der Waals surface area contributed by atoms with Crippen LogP contribution in [0.4, 0.5) is 0 Å². The van der Waals surface area contributed by atoms with Crippen LogP contribution in [0.1, 0.15) is 25.3 Å². The summed E-state index contributed by atoms with van der Waals surface area (Å²) < 4.78 is 10.4. The first-order chi connectivity index (χ1) is 6.74. The fourth-order valence-electron chi connectivity index (χ4n) is 1.21. The molecule has 2 heteroatoms. The van der Waals surface area contributed by atoms with E-state index in [-0.39, 0.29) is 0 Å². The molecule has 0 saturated heterocycles. The van der Waals surface area contributed by atoms with Crippen LogP contribution in [0.25, 0.3) is 0 Å². The molecule has 0 aliphatic rings.